The maximum Gasteiger partial charge on any atom is 0.407 e. The van der Waals surface area contributed by atoms with Crippen LogP contribution in [-0.2, 0) is 23.9 Å². The van der Waals surface area contributed by atoms with Gasteiger partial charge in [0.05, 0.1) is 0 Å². The molecule has 0 aromatic heterocycles. The predicted molar refractivity (Wildman–Crippen MR) is 173 cm³/mol. The Balaban J connectivity index is 1.74. The number of primary amides is 2. The molecule has 0 unspecified atom stereocenters. The van der Waals surface area contributed by atoms with Crippen molar-refractivity contribution in [3.8, 4) is 11.1 Å². The molecule has 0 saturated heterocycles. The summed E-state index contributed by atoms with van der Waals surface area (Å²) in [6.07, 6.45) is -0.145. The zero-order valence-electron chi connectivity index (χ0n) is 27.3. The Hall–Kier alpha value is -4.61. The van der Waals surface area contributed by atoms with E-state index < -0.39 is 47.6 Å². The molecule has 3 rings (SSSR count). The number of benzene rings is 2. The minimum atomic E-state index is -1.06. The van der Waals surface area contributed by atoms with E-state index >= 15 is 0 Å². The van der Waals surface area contributed by atoms with Crippen LogP contribution in [0.1, 0.15) is 77.3 Å². The van der Waals surface area contributed by atoms with Crippen molar-refractivity contribution < 1.29 is 33.4 Å². The third-order valence-electron chi connectivity index (χ3n) is 7.69. The van der Waals surface area contributed by atoms with Gasteiger partial charge < -0.3 is 36.5 Å². The molecule has 0 aliphatic heterocycles. The van der Waals surface area contributed by atoms with Crippen molar-refractivity contribution in [2.24, 2.45) is 17.4 Å². The summed E-state index contributed by atoms with van der Waals surface area (Å²) in [5, 5.41) is 5.16. The van der Waals surface area contributed by atoms with E-state index in [-0.39, 0.29) is 50.8 Å². The standard InChI is InChI=1S/C34H47N5O7/c1-21(2)29(38-33(44)45-20-26-24-14-8-6-12-22(24)23-13-7-9-15-25(23)26)31(42)39(19-11-17-28(40)46-34(3,4)5)27(30(35)41)16-10-18-37-32(36)43/h6-9,12-15,21,26-27,29H,10-11,16-20H2,1-5H3,(H2,35,41)(H,38,44)(H3,36,37,43)/t27-,29-/m0/s1. The molecule has 12 nitrogen and oxygen atoms in total. The van der Waals surface area contributed by atoms with E-state index in [0.717, 1.165) is 22.3 Å². The van der Waals surface area contributed by atoms with Crippen LogP contribution in [0.3, 0.4) is 0 Å². The second kappa shape index (κ2) is 16.1. The molecule has 250 valence electrons. The Morgan fingerprint density at radius 3 is 2.02 bits per heavy atom. The smallest absolute Gasteiger partial charge is 0.407 e. The summed E-state index contributed by atoms with van der Waals surface area (Å²) in [5.41, 5.74) is 14.5. The first-order valence-electron chi connectivity index (χ1n) is 15.7. The lowest BCUT2D eigenvalue weighted by molar-refractivity contribution is -0.155. The van der Waals surface area contributed by atoms with Gasteiger partial charge in [-0.15, -0.1) is 0 Å². The van der Waals surface area contributed by atoms with Gasteiger partial charge in [-0.3, -0.25) is 14.4 Å². The number of carbonyl (C=O) groups excluding carboxylic acids is 5. The number of carbonyl (C=O) groups is 5. The van der Waals surface area contributed by atoms with Gasteiger partial charge in [-0.05, 0) is 68.2 Å². The molecule has 1 aliphatic carbocycles. The highest BCUT2D eigenvalue weighted by atomic mass is 16.6. The third-order valence-corrected chi connectivity index (χ3v) is 7.69. The average molecular weight is 638 g/mol. The van der Waals surface area contributed by atoms with E-state index in [4.69, 9.17) is 20.9 Å². The molecule has 46 heavy (non-hydrogen) atoms. The first-order valence-corrected chi connectivity index (χ1v) is 15.7. The van der Waals surface area contributed by atoms with E-state index in [9.17, 15) is 24.0 Å². The number of fused-ring (bicyclic) bond motifs is 3. The van der Waals surface area contributed by atoms with Crippen LogP contribution >= 0.6 is 0 Å². The fourth-order valence-corrected chi connectivity index (χ4v) is 5.62. The Morgan fingerprint density at radius 1 is 0.913 bits per heavy atom. The van der Waals surface area contributed by atoms with Crippen molar-refractivity contribution >= 4 is 29.9 Å². The van der Waals surface area contributed by atoms with E-state index in [1.54, 1.807) is 34.6 Å². The average Bonchev–Trinajstić information content (AvgIpc) is 3.29. The molecule has 1 aliphatic rings. The maximum atomic E-state index is 14.0. The van der Waals surface area contributed by atoms with Gasteiger partial charge >= 0.3 is 18.1 Å². The molecule has 2 atom stereocenters. The lowest BCUT2D eigenvalue weighted by Gasteiger charge is -2.34. The number of hydrogen-bond acceptors (Lipinski definition) is 7. The zero-order chi connectivity index (χ0) is 34.0. The van der Waals surface area contributed by atoms with Crippen LogP contribution in [0.4, 0.5) is 9.59 Å². The van der Waals surface area contributed by atoms with Crippen LogP contribution < -0.4 is 22.1 Å². The summed E-state index contributed by atoms with van der Waals surface area (Å²) >= 11 is 0. The molecule has 12 heteroatoms. The zero-order valence-corrected chi connectivity index (χ0v) is 27.3. The molecular weight excluding hydrogens is 590 g/mol. The molecule has 0 fully saturated rings. The van der Waals surface area contributed by atoms with Gasteiger partial charge in [0.1, 0.15) is 24.3 Å². The highest BCUT2D eigenvalue weighted by Gasteiger charge is 2.36. The van der Waals surface area contributed by atoms with Gasteiger partial charge in [-0.25, -0.2) is 9.59 Å². The number of nitrogens with one attached hydrogen (secondary N) is 2. The van der Waals surface area contributed by atoms with Crippen LogP contribution in [0.5, 0.6) is 0 Å². The SMILES string of the molecule is CC(C)[C@H](NC(=O)OCC1c2ccccc2-c2ccccc21)C(=O)N(CCCC(=O)OC(C)(C)C)[C@@H](CCCNC(N)=O)C(N)=O. The number of nitrogens with two attached hydrogens (primary N) is 2. The Labute approximate surface area is 270 Å². The van der Waals surface area contributed by atoms with Crippen LogP contribution in [0.15, 0.2) is 48.5 Å². The normalized spacial score (nSPS) is 13.6. The number of amides is 5. The number of hydrogen-bond donors (Lipinski definition) is 4. The van der Waals surface area contributed by atoms with Gasteiger partial charge in [0.2, 0.25) is 11.8 Å². The number of esters is 1. The van der Waals surface area contributed by atoms with Crippen LogP contribution in [0.25, 0.3) is 11.1 Å². The van der Waals surface area contributed by atoms with E-state index in [1.165, 1.54) is 4.90 Å². The summed E-state index contributed by atoms with van der Waals surface area (Å²) in [5.74, 6) is -2.29. The first kappa shape index (κ1) is 35.9. The lowest BCUT2D eigenvalue weighted by Crippen LogP contribution is -2.57. The van der Waals surface area contributed by atoms with Gasteiger partial charge in [0, 0.05) is 25.4 Å². The maximum absolute atomic E-state index is 14.0. The summed E-state index contributed by atoms with van der Waals surface area (Å²) < 4.78 is 11.1. The monoisotopic (exact) mass is 637 g/mol. The minimum absolute atomic E-state index is 0.00190. The van der Waals surface area contributed by atoms with E-state index in [2.05, 4.69) is 10.6 Å². The molecule has 2 aromatic rings. The summed E-state index contributed by atoms with van der Waals surface area (Å²) in [6, 6.07) is 13.1. The molecule has 2 aromatic carbocycles. The summed E-state index contributed by atoms with van der Waals surface area (Å²) in [4.78, 5) is 64.6. The van der Waals surface area contributed by atoms with Crippen molar-refractivity contribution in [1.82, 2.24) is 15.5 Å². The van der Waals surface area contributed by atoms with Gasteiger partial charge in [0.15, 0.2) is 0 Å². The molecule has 0 heterocycles. The summed E-state index contributed by atoms with van der Waals surface area (Å²) in [7, 11) is 0. The first-order chi connectivity index (χ1) is 21.7. The topological polar surface area (TPSA) is 183 Å². The number of rotatable bonds is 15. The summed E-state index contributed by atoms with van der Waals surface area (Å²) in [6.45, 7) is 9.04. The van der Waals surface area contributed by atoms with Crippen molar-refractivity contribution in [1.29, 1.82) is 0 Å². The number of ether oxygens (including phenoxy) is 2. The number of nitrogens with zero attached hydrogens (tertiary/aromatic N) is 1. The third kappa shape index (κ3) is 9.95. The highest BCUT2D eigenvalue weighted by molar-refractivity contribution is 5.91. The molecule has 0 radical (unpaired) electrons. The molecule has 6 N–H and O–H groups in total. The largest absolute Gasteiger partial charge is 0.460 e. The van der Waals surface area contributed by atoms with E-state index in [0.29, 0.717) is 6.42 Å². The highest BCUT2D eigenvalue weighted by Crippen LogP contribution is 2.44. The molecule has 5 amide bonds. The van der Waals surface area contributed by atoms with Crippen molar-refractivity contribution in [3.05, 3.63) is 59.7 Å². The fraction of sp³-hybridized carbons (Fsp3) is 0.500. The van der Waals surface area contributed by atoms with Crippen molar-refractivity contribution in [2.45, 2.75) is 83.9 Å². The molecule has 0 saturated carbocycles. The lowest BCUT2D eigenvalue weighted by atomic mass is 9.98. The van der Waals surface area contributed by atoms with Gasteiger partial charge in [-0.1, -0.05) is 62.4 Å². The van der Waals surface area contributed by atoms with E-state index in [1.807, 2.05) is 48.5 Å². The fourth-order valence-electron chi connectivity index (χ4n) is 5.62. The molecular formula is C34H47N5O7. The van der Waals surface area contributed by atoms with Crippen molar-refractivity contribution in [3.63, 3.8) is 0 Å². The van der Waals surface area contributed by atoms with Crippen LogP contribution in [0, 0.1) is 5.92 Å². The Morgan fingerprint density at radius 2 is 1.50 bits per heavy atom. The van der Waals surface area contributed by atoms with Gasteiger partial charge in [-0.2, -0.15) is 0 Å². The minimum Gasteiger partial charge on any atom is -0.460 e. The second-order valence-electron chi connectivity index (χ2n) is 12.8. The van der Waals surface area contributed by atoms with Gasteiger partial charge in [0.25, 0.3) is 0 Å². The quantitative estimate of drug-likeness (QED) is 0.169. The molecule has 0 spiro atoms. The Bertz CT molecular complexity index is 1360. The van der Waals surface area contributed by atoms with Crippen LogP contribution in [0.2, 0.25) is 0 Å². The Kier molecular flexibility index (Phi) is 12.6. The predicted octanol–water partition coefficient (Wildman–Crippen LogP) is 3.80. The number of urea groups is 1. The molecule has 0 bridgehead atoms. The van der Waals surface area contributed by atoms with Crippen LogP contribution in [-0.4, -0.2) is 72.2 Å². The second-order valence-corrected chi connectivity index (χ2v) is 12.8. The number of alkyl carbamates (subject to hydrolysis) is 1. The van der Waals surface area contributed by atoms with Crippen molar-refractivity contribution in [2.75, 3.05) is 19.7 Å².